The highest BCUT2D eigenvalue weighted by molar-refractivity contribution is 7.15. The van der Waals surface area contributed by atoms with Gasteiger partial charge in [0.15, 0.2) is 5.13 Å². The van der Waals surface area contributed by atoms with E-state index in [1.165, 1.54) is 11.3 Å². The fourth-order valence-electron chi connectivity index (χ4n) is 3.41. The molecule has 2 aromatic carbocycles. The fourth-order valence-corrected chi connectivity index (χ4v) is 4.07. The first-order valence-corrected chi connectivity index (χ1v) is 10.7. The molecule has 0 unspecified atom stereocenters. The molecule has 5 rings (SSSR count). The van der Waals surface area contributed by atoms with Crippen LogP contribution >= 0.6 is 11.3 Å². The molecule has 4 aromatic rings. The minimum atomic E-state index is -0.221. The molecule has 0 saturated heterocycles. The number of fused-ring (bicyclic) bond motifs is 3. The summed E-state index contributed by atoms with van der Waals surface area (Å²) in [6.45, 7) is 1.94. The molecule has 2 aromatic heterocycles. The van der Waals surface area contributed by atoms with E-state index in [0.717, 1.165) is 27.4 Å². The summed E-state index contributed by atoms with van der Waals surface area (Å²) in [5.41, 5.74) is 4.32. The van der Waals surface area contributed by atoms with E-state index >= 15 is 0 Å². The van der Waals surface area contributed by atoms with Crippen molar-refractivity contribution in [1.29, 1.82) is 0 Å². The quantitative estimate of drug-likeness (QED) is 0.432. The van der Waals surface area contributed by atoms with Crippen molar-refractivity contribution in [2.24, 2.45) is 0 Å². The van der Waals surface area contributed by atoms with Crippen molar-refractivity contribution in [1.82, 2.24) is 15.0 Å². The molecule has 0 fully saturated rings. The van der Waals surface area contributed by atoms with Gasteiger partial charge in [-0.2, -0.15) is 0 Å². The molecule has 32 heavy (non-hydrogen) atoms. The number of benzene rings is 2. The number of hydrogen-bond acceptors (Lipinski definition) is 7. The second-order valence-corrected chi connectivity index (χ2v) is 8.51. The van der Waals surface area contributed by atoms with Crippen LogP contribution in [-0.2, 0) is 11.2 Å². The van der Waals surface area contributed by atoms with Crippen LogP contribution < -0.4 is 16.0 Å². The minimum absolute atomic E-state index is 0.0951. The van der Waals surface area contributed by atoms with Gasteiger partial charge in [-0.1, -0.05) is 18.2 Å². The van der Waals surface area contributed by atoms with Gasteiger partial charge in [0.25, 0.3) is 5.91 Å². The smallest absolute Gasteiger partial charge is 0.257 e. The number of carbonyl (C=O) groups excluding carboxylic acids is 2. The first kappa shape index (κ1) is 19.8. The Morgan fingerprint density at radius 2 is 1.88 bits per heavy atom. The summed E-state index contributed by atoms with van der Waals surface area (Å²) in [6.07, 6.45) is 3.61. The zero-order valence-corrected chi connectivity index (χ0v) is 17.9. The molecule has 1 aliphatic heterocycles. The van der Waals surface area contributed by atoms with Gasteiger partial charge < -0.3 is 10.6 Å². The van der Waals surface area contributed by atoms with Crippen LogP contribution in [0.1, 0.15) is 20.8 Å². The summed E-state index contributed by atoms with van der Waals surface area (Å²) in [5, 5.41) is 9.43. The van der Waals surface area contributed by atoms with Crippen molar-refractivity contribution in [2.45, 2.75) is 13.3 Å². The molecule has 9 heteroatoms. The Morgan fingerprint density at radius 1 is 1.06 bits per heavy atom. The molecule has 1 aliphatic rings. The second kappa shape index (κ2) is 8.20. The first-order valence-electron chi connectivity index (χ1n) is 9.91. The normalized spacial score (nSPS) is 12.2. The van der Waals surface area contributed by atoms with Crippen LogP contribution in [0.25, 0.3) is 11.3 Å². The number of rotatable bonds is 4. The first-order chi connectivity index (χ1) is 15.5. The maximum atomic E-state index is 12.4. The van der Waals surface area contributed by atoms with Crippen molar-refractivity contribution < 1.29 is 9.59 Å². The summed E-state index contributed by atoms with van der Waals surface area (Å²) in [4.78, 5) is 38.8. The van der Waals surface area contributed by atoms with Crippen molar-refractivity contribution in [2.75, 3.05) is 16.0 Å². The van der Waals surface area contributed by atoms with Gasteiger partial charge in [0.2, 0.25) is 11.9 Å². The number of para-hydroxylation sites is 1. The number of nitrogens with zero attached hydrogens (tertiary/aromatic N) is 3. The van der Waals surface area contributed by atoms with Crippen LogP contribution in [-0.4, -0.2) is 26.8 Å². The van der Waals surface area contributed by atoms with Crippen LogP contribution in [0.5, 0.6) is 0 Å². The van der Waals surface area contributed by atoms with Crippen molar-refractivity contribution in [3.8, 4) is 11.3 Å². The molecule has 3 N–H and O–H groups in total. The third-order valence-electron chi connectivity index (χ3n) is 4.92. The predicted octanol–water partition coefficient (Wildman–Crippen LogP) is 4.40. The molecule has 0 atom stereocenters. The summed E-state index contributed by atoms with van der Waals surface area (Å²) in [5.74, 6) is 0.0894. The Morgan fingerprint density at radius 3 is 2.66 bits per heavy atom. The summed E-state index contributed by atoms with van der Waals surface area (Å²) >= 11 is 1.43. The number of amides is 2. The molecular weight excluding hydrogens is 424 g/mol. The van der Waals surface area contributed by atoms with Gasteiger partial charge >= 0.3 is 0 Å². The standard InChI is InChI=1S/C23H18N6O2S/c1-13-11-25-23(32-13)29-21(31)14-6-8-16(9-7-14)26-22-24-12-15-10-19(30)27-18-5-3-2-4-17(18)20(15)28-22/h2-9,11-12H,10H2,1H3,(H,27,30)(H,24,26,28)(H,25,29,31). The van der Waals surface area contributed by atoms with E-state index < -0.39 is 0 Å². The van der Waals surface area contributed by atoms with Crippen molar-refractivity contribution >= 4 is 45.6 Å². The highest BCUT2D eigenvalue weighted by Gasteiger charge is 2.20. The summed E-state index contributed by atoms with van der Waals surface area (Å²) in [6, 6.07) is 14.6. The zero-order valence-electron chi connectivity index (χ0n) is 17.0. The Bertz CT molecular complexity index is 1330. The van der Waals surface area contributed by atoms with E-state index in [-0.39, 0.29) is 18.2 Å². The monoisotopic (exact) mass is 442 g/mol. The van der Waals surface area contributed by atoms with Crippen LogP contribution in [0, 0.1) is 6.92 Å². The predicted molar refractivity (Wildman–Crippen MR) is 124 cm³/mol. The van der Waals surface area contributed by atoms with Gasteiger partial charge in [-0.05, 0) is 37.3 Å². The molecule has 0 radical (unpaired) electrons. The van der Waals surface area contributed by atoms with Crippen LogP contribution in [0.15, 0.2) is 60.9 Å². The summed E-state index contributed by atoms with van der Waals surface area (Å²) < 4.78 is 0. The second-order valence-electron chi connectivity index (χ2n) is 7.27. The molecule has 0 aliphatic carbocycles. The Labute approximate surface area is 187 Å². The lowest BCUT2D eigenvalue weighted by Gasteiger charge is -2.10. The maximum Gasteiger partial charge on any atom is 0.257 e. The fraction of sp³-hybridized carbons (Fsp3) is 0.0870. The van der Waals surface area contributed by atoms with Gasteiger partial charge in [0.05, 0.1) is 17.8 Å². The van der Waals surface area contributed by atoms with E-state index in [1.807, 2.05) is 31.2 Å². The number of carbonyl (C=O) groups is 2. The Balaban J connectivity index is 1.36. The van der Waals surface area contributed by atoms with Crippen molar-refractivity contribution in [3.05, 3.63) is 76.9 Å². The number of hydrogen-bond donors (Lipinski definition) is 3. The molecule has 158 valence electrons. The highest BCUT2D eigenvalue weighted by Crippen LogP contribution is 2.32. The van der Waals surface area contributed by atoms with E-state index in [1.54, 1.807) is 36.7 Å². The van der Waals surface area contributed by atoms with Gasteiger partial charge in [-0.25, -0.2) is 15.0 Å². The van der Waals surface area contributed by atoms with Gasteiger partial charge in [0, 0.05) is 39.6 Å². The number of aryl methyl sites for hydroxylation is 1. The van der Waals surface area contributed by atoms with E-state index in [2.05, 4.69) is 30.9 Å². The lowest BCUT2D eigenvalue weighted by Crippen LogP contribution is -2.12. The minimum Gasteiger partial charge on any atom is -0.325 e. The molecule has 0 bridgehead atoms. The molecule has 3 heterocycles. The largest absolute Gasteiger partial charge is 0.325 e. The SMILES string of the molecule is Cc1cnc(NC(=O)c2ccc(Nc3ncc4c(n3)-c3ccccc3NC(=O)C4)cc2)s1. The average molecular weight is 443 g/mol. The molecule has 0 saturated carbocycles. The molecular formula is C23H18N6O2S. The van der Waals surface area contributed by atoms with E-state index in [4.69, 9.17) is 0 Å². The average Bonchev–Trinajstić information content (AvgIpc) is 3.13. The van der Waals surface area contributed by atoms with E-state index in [0.29, 0.717) is 22.3 Å². The highest BCUT2D eigenvalue weighted by atomic mass is 32.1. The third kappa shape index (κ3) is 4.06. The lowest BCUT2D eigenvalue weighted by atomic mass is 10.1. The topological polar surface area (TPSA) is 109 Å². The van der Waals surface area contributed by atoms with Gasteiger partial charge in [0.1, 0.15) is 0 Å². The van der Waals surface area contributed by atoms with Crippen LogP contribution in [0.3, 0.4) is 0 Å². The number of nitrogens with one attached hydrogen (secondary N) is 3. The molecule has 0 spiro atoms. The van der Waals surface area contributed by atoms with Gasteiger partial charge in [-0.3, -0.25) is 14.9 Å². The maximum absolute atomic E-state index is 12.4. The number of anilines is 4. The molecule has 2 amide bonds. The summed E-state index contributed by atoms with van der Waals surface area (Å²) in [7, 11) is 0. The lowest BCUT2D eigenvalue weighted by molar-refractivity contribution is -0.115. The molecule has 8 nitrogen and oxygen atoms in total. The zero-order chi connectivity index (χ0) is 22.1. The Kier molecular flexibility index (Phi) is 5.08. The third-order valence-corrected chi connectivity index (χ3v) is 5.74. The van der Waals surface area contributed by atoms with Crippen molar-refractivity contribution in [3.63, 3.8) is 0 Å². The van der Waals surface area contributed by atoms with E-state index in [9.17, 15) is 9.59 Å². The van der Waals surface area contributed by atoms with Gasteiger partial charge in [-0.15, -0.1) is 11.3 Å². The van der Waals surface area contributed by atoms with Crippen LogP contribution in [0.4, 0.5) is 22.5 Å². The van der Waals surface area contributed by atoms with Crippen LogP contribution in [0.2, 0.25) is 0 Å². The number of thiazole rings is 1. The Hall–Kier alpha value is -4.11. The number of aromatic nitrogens is 3.